The SMILES string of the molecule is O=C(CC(=O)C1CCCOC1)C(F)F. The molecule has 0 aliphatic carbocycles. The first-order valence-electron chi connectivity index (χ1n) is 4.52. The highest BCUT2D eigenvalue weighted by molar-refractivity contribution is 6.01. The van der Waals surface area contributed by atoms with Gasteiger partial charge in [0.05, 0.1) is 13.0 Å². The number of halogens is 2. The number of alkyl halides is 2. The van der Waals surface area contributed by atoms with Gasteiger partial charge < -0.3 is 4.74 Å². The second-order valence-corrected chi connectivity index (χ2v) is 3.32. The summed E-state index contributed by atoms with van der Waals surface area (Å²) in [6.07, 6.45) is -2.32. The molecule has 0 bridgehead atoms. The van der Waals surface area contributed by atoms with Crippen LogP contribution in [0.1, 0.15) is 19.3 Å². The largest absolute Gasteiger partial charge is 0.381 e. The number of ketones is 2. The lowest BCUT2D eigenvalue weighted by Crippen LogP contribution is -2.28. The predicted molar refractivity (Wildman–Crippen MR) is 44.2 cm³/mol. The van der Waals surface area contributed by atoms with Crippen LogP contribution in [0.3, 0.4) is 0 Å². The van der Waals surface area contributed by atoms with Gasteiger partial charge in [0.15, 0.2) is 0 Å². The van der Waals surface area contributed by atoms with E-state index >= 15 is 0 Å². The molecule has 1 unspecified atom stereocenters. The standard InChI is InChI=1S/C9H12F2O3/c10-9(11)8(13)4-7(12)6-2-1-3-14-5-6/h6,9H,1-5H2. The van der Waals surface area contributed by atoms with Gasteiger partial charge in [-0.15, -0.1) is 0 Å². The maximum absolute atomic E-state index is 11.8. The van der Waals surface area contributed by atoms with E-state index in [0.717, 1.165) is 6.42 Å². The number of carbonyl (C=O) groups is 2. The predicted octanol–water partition coefficient (Wildman–Crippen LogP) is 1.21. The second kappa shape index (κ2) is 5.14. The Bertz CT molecular complexity index is 222. The molecule has 1 fully saturated rings. The summed E-state index contributed by atoms with van der Waals surface area (Å²) in [5, 5.41) is 0. The van der Waals surface area contributed by atoms with Gasteiger partial charge in [0.25, 0.3) is 6.43 Å². The summed E-state index contributed by atoms with van der Waals surface area (Å²) in [7, 11) is 0. The molecule has 3 nitrogen and oxygen atoms in total. The topological polar surface area (TPSA) is 43.4 Å². The Hall–Kier alpha value is -0.840. The Kier molecular flexibility index (Phi) is 4.13. The first-order chi connectivity index (χ1) is 6.61. The average Bonchev–Trinajstić information content (AvgIpc) is 2.19. The minimum absolute atomic E-state index is 0.259. The van der Waals surface area contributed by atoms with E-state index in [-0.39, 0.29) is 12.5 Å². The van der Waals surface area contributed by atoms with Crippen LogP contribution in [0.4, 0.5) is 8.78 Å². The summed E-state index contributed by atoms with van der Waals surface area (Å²) >= 11 is 0. The maximum atomic E-state index is 11.8. The molecule has 1 aliphatic heterocycles. The number of hydrogen-bond donors (Lipinski definition) is 0. The smallest absolute Gasteiger partial charge is 0.296 e. The van der Waals surface area contributed by atoms with Crippen LogP contribution < -0.4 is 0 Å². The Morgan fingerprint density at radius 3 is 2.64 bits per heavy atom. The molecule has 1 rings (SSSR count). The van der Waals surface area contributed by atoms with E-state index in [2.05, 4.69) is 0 Å². The summed E-state index contributed by atoms with van der Waals surface area (Å²) in [4.78, 5) is 21.9. The minimum Gasteiger partial charge on any atom is -0.381 e. The summed E-state index contributed by atoms with van der Waals surface area (Å²) in [6.45, 7) is 0.863. The van der Waals surface area contributed by atoms with E-state index in [1.807, 2.05) is 0 Å². The molecule has 14 heavy (non-hydrogen) atoms. The van der Waals surface area contributed by atoms with Crippen LogP contribution in [-0.4, -0.2) is 31.2 Å². The first kappa shape index (κ1) is 11.2. The third-order valence-corrected chi connectivity index (χ3v) is 2.21. The third kappa shape index (κ3) is 3.14. The number of hydrogen-bond acceptors (Lipinski definition) is 3. The van der Waals surface area contributed by atoms with Crippen LogP contribution in [-0.2, 0) is 14.3 Å². The highest BCUT2D eigenvalue weighted by Crippen LogP contribution is 2.16. The van der Waals surface area contributed by atoms with Crippen molar-refractivity contribution in [1.82, 2.24) is 0 Å². The van der Waals surface area contributed by atoms with Crippen LogP contribution in [0.15, 0.2) is 0 Å². The molecule has 1 atom stereocenters. The van der Waals surface area contributed by atoms with Gasteiger partial charge in [0, 0.05) is 12.5 Å². The van der Waals surface area contributed by atoms with Crippen molar-refractivity contribution >= 4 is 11.6 Å². The van der Waals surface area contributed by atoms with Crippen molar-refractivity contribution in [2.24, 2.45) is 5.92 Å². The van der Waals surface area contributed by atoms with Crippen molar-refractivity contribution in [1.29, 1.82) is 0 Å². The van der Waals surface area contributed by atoms with E-state index in [9.17, 15) is 18.4 Å². The van der Waals surface area contributed by atoms with Crippen LogP contribution in [0.5, 0.6) is 0 Å². The molecule has 0 spiro atoms. The molecule has 1 aliphatic rings. The molecule has 0 N–H and O–H groups in total. The van der Waals surface area contributed by atoms with Crippen molar-refractivity contribution in [3.8, 4) is 0 Å². The lowest BCUT2D eigenvalue weighted by atomic mass is 9.94. The van der Waals surface area contributed by atoms with E-state index in [4.69, 9.17) is 4.74 Å². The van der Waals surface area contributed by atoms with E-state index in [0.29, 0.717) is 13.0 Å². The van der Waals surface area contributed by atoms with Crippen LogP contribution in [0.25, 0.3) is 0 Å². The average molecular weight is 206 g/mol. The van der Waals surface area contributed by atoms with Gasteiger partial charge in [-0.05, 0) is 12.8 Å². The highest BCUT2D eigenvalue weighted by atomic mass is 19.3. The summed E-state index contributed by atoms with van der Waals surface area (Å²) < 4.78 is 28.7. The molecule has 5 heteroatoms. The van der Waals surface area contributed by atoms with E-state index in [1.54, 1.807) is 0 Å². The van der Waals surface area contributed by atoms with Crippen molar-refractivity contribution in [3.63, 3.8) is 0 Å². The molecule has 1 heterocycles. The molecule has 0 amide bonds. The van der Waals surface area contributed by atoms with Gasteiger partial charge in [0.2, 0.25) is 5.78 Å². The number of Topliss-reactive ketones (excluding diaryl/α,β-unsaturated/α-hetero) is 2. The number of ether oxygens (including phenoxy) is 1. The third-order valence-electron chi connectivity index (χ3n) is 2.21. The minimum atomic E-state index is -3.04. The fourth-order valence-corrected chi connectivity index (χ4v) is 1.39. The molecule has 0 aromatic rings. The monoisotopic (exact) mass is 206 g/mol. The molecule has 0 aromatic heterocycles. The van der Waals surface area contributed by atoms with Gasteiger partial charge in [-0.2, -0.15) is 0 Å². The molecule has 0 radical (unpaired) electrons. The van der Waals surface area contributed by atoms with Crippen LogP contribution in [0, 0.1) is 5.92 Å². The quantitative estimate of drug-likeness (QED) is 0.649. The van der Waals surface area contributed by atoms with Crippen LogP contribution >= 0.6 is 0 Å². The molecule has 0 saturated carbocycles. The normalized spacial score (nSPS) is 22.4. The van der Waals surface area contributed by atoms with Gasteiger partial charge >= 0.3 is 0 Å². The molecule has 0 aromatic carbocycles. The Morgan fingerprint density at radius 2 is 2.14 bits per heavy atom. The van der Waals surface area contributed by atoms with Crippen molar-refractivity contribution in [2.75, 3.05) is 13.2 Å². The fraction of sp³-hybridized carbons (Fsp3) is 0.778. The summed E-state index contributed by atoms with van der Waals surface area (Å²) in [5.74, 6) is -2.08. The molecule has 1 saturated heterocycles. The zero-order chi connectivity index (χ0) is 10.6. The van der Waals surface area contributed by atoms with Crippen molar-refractivity contribution < 1.29 is 23.1 Å². The second-order valence-electron chi connectivity index (χ2n) is 3.32. The Labute approximate surface area is 80.4 Å². The van der Waals surface area contributed by atoms with Gasteiger partial charge in [-0.1, -0.05) is 0 Å². The fourth-order valence-electron chi connectivity index (χ4n) is 1.39. The van der Waals surface area contributed by atoms with Crippen molar-refractivity contribution in [3.05, 3.63) is 0 Å². The Morgan fingerprint density at radius 1 is 1.43 bits per heavy atom. The first-order valence-corrected chi connectivity index (χ1v) is 4.52. The van der Waals surface area contributed by atoms with Gasteiger partial charge in [0.1, 0.15) is 5.78 Å². The summed E-state index contributed by atoms with van der Waals surface area (Å²) in [5.41, 5.74) is 0. The van der Waals surface area contributed by atoms with Crippen LogP contribution in [0.2, 0.25) is 0 Å². The zero-order valence-corrected chi connectivity index (χ0v) is 7.67. The van der Waals surface area contributed by atoms with E-state index in [1.165, 1.54) is 0 Å². The molecular weight excluding hydrogens is 194 g/mol. The highest BCUT2D eigenvalue weighted by Gasteiger charge is 2.26. The summed E-state index contributed by atoms with van der Waals surface area (Å²) in [6, 6.07) is 0. The lowest BCUT2D eigenvalue weighted by Gasteiger charge is -2.20. The van der Waals surface area contributed by atoms with E-state index < -0.39 is 24.4 Å². The molecular formula is C9H12F2O3. The molecule has 80 valence electrons. The number of carbonyl (C=O) groups excluding carboxylic acids is 2. The lowest BCUT2D eigenvalue weighted by molar-refractivity contribution is -0.137. The number of rotatable bonds is 4. The maximum Gasteiger partial charge on any atom is 0.296 e. The van der Waals surface area contributed by atoms with Gasteiger partial charge in [-0.25, -0.2) is 8.78 Å². The Balaban J connectivity index is 2.37. The zero-order valence-electron chi connectivity index (χ0n) is 7.67. The van der Waals surface area contributed by atoms with Crippen molar-refractivity contribution in [2.45, 2.75) is 25.7 Å². The van der Waals surface area contributed by atoms with Gasteiger partial charge in [-0.3, -0.25) is 9.59 Å².